The van der Waals surface area contributed by atoms with Crippen LogP contribution in [-0.4, -0.2) is 15.5 Å². The lowest BCUT2D eigenvalue weighted by molar-refractivity contribution is 0.0944. The normalized spacial score (nSPS) is 11.4. The van der Waals surface area contributed by atoms with Gasteiger partial charge in [0.15, 0.2) is 10.1 Å². The number of thiazole rings is 1. The predicted octanol–water partition coefficient (Wildman–Crippen LogP) is 6.16. The van der Waals surface area contributed by atoms with Gasteiger partial charge in [0.2, 0.25) is 0 Å². The first-order chi connectivity index (χ1) is 12.2. The van der Waals surface area contributed by atoms with Crippen molar-refractivity contribution in [1.29, 1.82) is 0 Å². The van der Waals surface area contributed by atoms with E-state index in [-0.39, 0.29) is 5.78 Å². The van der Waals surface area contributed by atoms with Crippen molar-refractivity contribution in [3.05, 3.63) is 85.5 Å². The SMILES string of the molecule is C=CCC(CC=C)(Sc1nc2ccccc2s1)C(=O)c1ccccc1. The van der Waals surface area contributed by atoms with E-state index >= 15 is 0 Å². The van der Waals surface area contributed by atoms with Crippen molar-refractivity contribution in [2.45, 2.75) is 21.9 Å². The Balaban J connectivity index is 2.02. The molecule has 2 nitrogen and oxygen atoms in total. The van der Waals surface area contributed by atoms with E-state index in [1.54, 1.807) is 11.3 Å². The summed E-state index contributed by atoms with van der Waals surface area (Å²) in [6.45, 7) is 7.74. The molecule has 0 fully saturated rings. The molecule has 0 N–H and O–H groups in total. The van der Waals surface area contributed by atoms with Crippen LogP contribution in [0, 0.1) is 0 Å². The van der Waals surface area contributed by atoms with E-state index in [1.807, 2.05) is 60.7 Å². The number of rotatable bonds is 8. The average molecular weight is 366 g/mol. The highest BCUT2D eigenvalue weighted by Crippen LogP contribution is 2.44. The van der Waals surface area contributed by atoms with Crippen molar-refractivity contribution in [3.8, 4) is 0 Å². The fourth-order valence-corrected chi connectivity index (χ4v) is 5.48. The molecule has 0 saturated heterocycles. The van der Waals surface area contributed by atoms with Crippen LogP contribution in [0.2, 0.25) is 0 Å². The van der Waals surface area contributed by atoms with Crippen molar-refractivity contribution in [3.63, 3.8) is 0 Å². The maximum atomic E-state index is 13.3. The summed E-state index contributed by atoms with van der Waals surface area (Å²) in [5.74, 6) is 0.0946. The first-order valence-electron chi connectivity index (χ1n) is 8.05. The Hall–Kier alpha value is -2.17. The van der Waals surface area contributed by atoms with Gasteiger partial charge in [-0.2, -0.15) is 0 Å². The minimum Gasteiger partial charge on any atom is -0.293 e. The zero-order chi connectivity index (χ0) is 17.7. The van der Waals surface area contributed by atoms with Gasteiger partial charge in [0.25, 0.3) is 0 Å². The molecule has 0 bridgehead atoms. The van der Waals surface area contributed by atoms with Crippen LogP contribution in [-0.2, 0) is 0 Å². The van der Waals surface area contributed by atoms with Gasteiger partial charge in [0, 0.05) is 5.56 Å². The molecule has 0 aliphatic carbocycles. The second-order valence-corrected chi connectivity index (χ2v) is 8.39. The number of thioether (sulfide) groups is 1. The van der Waals surface area contributed by atoms with Gasteiger partial charge < -0.3 is 0 Å². The molecule has 0 spiro atoms. The third-order valence-electron chi connectivity index (χ3n) is 3.95. The van der Waals surface area contributed by atoms with Crippen molar-refractivity contribution >= 4 is 39.1 Å². The number of hydrogen-bond acceptors (Lipinski definition) is 4. The third kappa shape index (κ3) is 3.75. The lowest BCUT2D eigenvalue weighted by Gasteiger charge is -2.29. The maximum Gasteiger partial charge on any atom is 0.179 e. The smallest absolute Gasteiger partial charge is 0.179 e. The van der Waals surface area contributed by atoms with E-state index in [0.29, 0.717) is 18.4 Å². The Labute approximate surface area is 156 Å². The molecule has 0 radical (unpaired) electrons. The van der Waals surface area contributed by atoms with E-state index in [2.05, 4.69) is 19.2 Å². The van der Waals surface area contributed by atoms with Crippen molar-refractivity contribution in [1.82, 2.24) is 4.98 Å². The summed E-state index contributed by atoms with van der Waals surface area (Å²) >= 11 is 3.15. The van der Waals surface area contributed by atoms with Crippen LogP contribution in [0.3, 0.4) is 0 Å². The minimum atomic E-state index is -0.668. The van der Waals surface area contributed by atoms with Crippen LogP contribution in [0.4, 0.5) is 0 Å². The standard InChI is InChI=1S/C21H19NOS2/c1-3-14-21(15-4-2,19(23)16-10-6-5-7-11-16)25-20-22-17-12-8-9-13-18(17)24-20/h3-13H,1-2,14-15H2. The average Bonchev–Trinajstić information content (AvgIpc) is 3.04. The second-order valence-electron chi connectivity index (χ2n) is 5.72. The van der Waals surface area contributed by atoms with Gasteiger partial charge in [0.1, 0.15) is 0 Å². The lowest BCUT2D eigenvalue weighted by atomic mass is 9.90. The Bertz CT molecular complexity index is 855. The fraction of sp³-hybridized carbons (Fsp3) is 0.143. The van der Waals surface area contributed by atoms with Crippen molar-refractivity contribution in [2.75, 3.05) is 0 Å². The summed E-state index contributed by atoms with van der Waals surface area (Å²) in [5, 5.41) is 0. The Morgan fingerprint density at radius 2 is 1.68 bits per heavy atom. The molecule has 0 unspecified atom stereocenters. The summed E-state index contributed by atoms with van der Waals surface area (Å²) in [7, 11) is 0. The van der Waals surface area contributed by atoms with Crippen LogP contribution in [0.25, 0.3) is 10.2 Å². The molecular formula is C21H19NOS2. The first kappa shape index (κ1) is 17.6. The molecule has 0 saturated carbocycles. The van der Waals surface area contributed by atoms with Crippen molar-refractivity contribution < 1.29 is 4.79 Å². The molecule has 0 atom stereocenters. The highest BCUT2D eigenvalue weighted by Gasteiger charge is 2.38. The number of aromatic nitrogens is 1. The summed E-state index contributed by atoms with van der Waals surface area (Å²) in [5.41, 5.74) is 1.67. The summed E-state index contributed by atoms with van der Waals surface area (Å²) in [6, 6.07) is 17.5. The Kier molecular flexibility index (Phi) is 5.51. The number of allylic oxidation sites excluding steroid dienone is 2. The van der Waals surface area contributed by atoms with Gasteiger partial charge in [-0.05, 0) is 25.0 Å². The summed E-state index contributed by atoms with van der Waals surface area (Å²) in [4.78, 5) is 18.0. The van der Waals surface area contributed by atoms with Crippen LogP contribution < -0.4 is 0 Å². The number of ketones is 1. The zero-order valence-electron chi connectivity index (χ0n) is 13.9. The number of carbonyl (C=O) groups is 1. The van der Waals surface area contributed by atoms with Crippen LogP contribution in [0.1, 0.15) is 23.2 Å². The molecule has 1 heterocycles. The number of Topliss-reactive ketones (excluding diaryl/α,β-unsaturated/α-hetero) is 1. The van der Waals surface area contributed by atoms with Gasteiger partial charge in [-0.15, -0.1) is 24.5 Å². The second kappa shape index (κ2) is 7.81. The number of fused-ring (bicyclic) bond motifs is 1. The van der Waals surface area contributed by atoms with E-state index in [4.69, 9.17) is 4.98 Å². The van der Waals surface area contributed by atoms with Gasteiger partial charge in [-0.3, -0.25) is 4.79 Å². The minimum absolute atomic E-state index is 0.0946. The monoisotopic (exact) mass is 365 g/mol. The number of benzene rings is 2. The van der Waals surface area contributed by atoms with E-state index in [0.717, 1.165) is 14.6 Å². The van der Waals surface area contributed by atoms with Crippen molar-refractivity contribution in [2.24, 2.45) is 0 Å². The topological polar surface area (TPSA) is 30.0 Å². The summed E-state index contributed by atoms with van der Waals surface area (Å²) in [6.07, 6.45) is 4.75. The third-order valence-corrected chi connectivity index (χ3v) is 6.46. The first-order valence-corrected chi connectivity index (χ1v) is 9.68. The molecule has 0 aliphatic rings. The molecule has 25 heavy (non-hydrogen) atoms. The predicted molar refractivity (Wildman–Crippen MR) is 109 cm³/mol. The zero-order valence-corrected chi connectivity index (χ0v) is 15.5. The molecule has 126 valence electrons. The van der Waals surface area contributed by atoms with Crippen LogP contribution in [0.5, 0.6) is 0 Å². The highest BCUT2D eigenvalue weighted by atomic mass is 32.2. The molecule has 3 aromatic rings. The molecule has 1 aromatic heterocycles. The Morgan fingerprint density at radius 1 is 1.04 bits per heavy atom. The number of hydrogen-bond donors (Lipinski definition) is 0. The van der Waals surface area contributed by atoms with Gasteiger partial charge in [0.05, 0.1) is 15.0 Å². The summed E-state index contributed by atoms with van der Waals surface area (Å²) < 4.78 is 1.36. The lowest BCUT2D eigenvalue weighted by Crippen LogP contribution is -2.34. The molecule has 3 rings (SSSR count). The molecule has 0 aliphatic heterocycles. The quantitative estimate of drug-likeness (QED) is 0.272. The van der Waals surface area contributed by atoms with Crippen LogP contribution >= 0.6 is 23.1 Å². The van der Waals surface area contributed by atoms with Gasteiger partial charge in [-0.25, -0.2) is 4.98 Å². The molecule has 2 aromatic carbocycles. The van der Waals surface area contributed by atoms with Gasteiger partial charge in [-0.1, -0.05) is 66.4 Å². The molecular weight excluding hydrogens is 346 g/mol. The van der Waals surface area contributed by atoms with E-state index < -0.39 is 4.75 Å². The molecule has 0 amide bonds. The molecule has 4 heteroatoms. The fourth-order valence-electron chi connectivity index (χ4n) is 2.78. The van der Waals surface area contributed by atoms with Crippen LogP contribution in [0.15, 0.2) is 84.2 Å². The van der Waals surface area contributed by atoms with E-state index in [1.165, 1.54) is 11.8 Å². The maximum absolute atomic E-state index is 13.3. The Morgan fingerprint density at radius 3 is 2.32 bits per heavy atom. The highest BCUT2D eigenvalue weighted by molar-refractivity contribution is 8.03. The number of para-hydroxylation sites is 1. The largest absolute Gasteiger partial charge is 0.293 e. The van der Waals surface area contributed by atoms with Gasteiger partial charge >= 0.3 is 0 Å². The number of carbonyl (C=O) groups excluding carboxylic acids is 1. The number of nitrogens with zero attached hydrogens (tertiary/aromatic N) is 1. The van der Waals surface area contributed by atoms with E-state index in [9.17, 15) is 4.79 Å².